The van der Waals surface area contributed by atoms with Crippen molar-refractivity contribution in [1.82, 2.24) is 4.98 Å². The monoisotopic (exact) mass is 239 g/mol. The van der Waals surface area contributed by atoms with Gasteiger partial charge in [0.05, 0.1) is 12.7 Å². The maximum absolute atomic E-state index is 12.1. The molecule has 1 aromatic heterocycles. The van der Waals surface area contributed by atoms with E-state index in [0.29, 0.717) is 0 Å². The molecule has 7 heteroatoms. The SMILES string of the molecule is COc1c(C(=O)C(F)(F)F)ccnc1Cl. The van der Waals surface area contributed by atoms with Crippen LogP contribution in [0.4, 0.5) is 13.2 Å². The molecular formula is C8H5ClF3NO2. The van der Waals surface area contributed by atoms with Crippen molar-refractivity contribution >= 4 is 17.4 Å². The van der Waals surface area contributed by atoms with E-state index in [0.717, 1.165) is 19.4 Å². The highest BCUT2D eigenvalue weighted by atomic mass is 35.5. The van der Waals surface area contributed by atoms with Gasteiger partial charge in [0.15, 0.2) is 10.9 Å². The van der Waals surface area contributed by atoms with E-state index in [1.807, 2.05) is 0 Å². The first-order chi connectivity index (χ1) is 6.88. The second-order valence-corrected chi connectivity index (χ2v) is 2.87. The Bertz CT molecular complexity index is 392. The minimum absolute atomic E-state index is 0.285. The van der Waals surface area contributed by atoms with E-state index in [-0.39, 0.29) is 10.9 Å². The smallest absolute Gasteiger partial charge is 0.455 e. The molecule has 1 aromatic rings. The van der Waals surface area contributed by atoms with E-state index in [1.165, 1.54) is 0 Å². The molecule has 0 aliphatic rings. The lowest BCUT2D eigenvalue weighted by molar-refractivity contribution is -0.0886. The molecule has 15 heavy (non-hydrogen) atoms. The number of halogens is 4. The zero-order valence-corrected chi connectivity index (χ0v) is 8.19. The molecule has 0 amide bonds. The molecule has 0 radical (unpaired) electrons. The van der Waals surface area contributed by atoms with Gasteiger partial charge in [-0.05, 0) is 6.07 Å². The lowest BCUT2D eigenvalue weighted by atomic mass is 10.1. The molecule has 0 aliphatic carbocycles. The Balaban J connectivity index is 3.26. The quantitative estimate of drug-likeness (QED) is 0.588. The number of methoxy groups -OCH3 is 1. The molecule has 0 spiro atoms. The Morgan fingerprint density at radius 1 is 1.53 bits per heavy atom. The van der Waals surface area contributed by atoms with Crippen LogP contribution in [-0.4, -0.2) is 24.1 Å². The van der Waals surface area contributed by atoms with Crippen LogP contribution in [0.15, 0.2) is 12.3 Å². The summed E-state index contributed by atoms with van der Waals surface area (Å²) in [5, 5.41) is -0.285. The average molecular weight is 240 g/mol. The highest BCUT2D eigenvalue weighted by Gasteiger charge is 2.41. The Kier molecular flexibility index (Phi) is 3.18. The highest BCUT2D eigenvalue weighted by molar-refractivity contribution is 6.31. The van der Waals surface area contributed by atoms with Crippen LogP contribution in [0.5, 0.6) is 5.75 Å². The van der Waals surface area contributed by atoms with Gasteiger partial charge in [-0.25, -0.2) is 4.98 Å². The maximum atomic E-state index is 12.1. The van der Waals surface area contributed by atoms with Gasteiger partial charge in [0.25, 0.3) is 5.78 Å². The van der Waals surface area contributed by atoms with Gasteiger partial charge in [0.1, 0.15) is 0 Å². The van der Waals surface area contributed by atoms with Crippen LogP contribution in [0, 0.1) is 0 Å². The number of ether oxygens (including phenoxy) is 1. The van der Waals surface area contributed by atoms with Crippen LogP contribution < -0.4 is 4.74 Å². The number of carbonyl (C=O) groups excluding carboxylic acids is 1. The summed E-state index contributed by atoms with van der Waals surface area (Å²) in [4.78, 5) is 14.4. The molecule has 1 heterocycles. The highest BCUT2D eigenvalue weighted by Crippen LogP contribution is 2.31. The molecule has 0 fully saturated rings. The fourth-order valence-electron chi connectivity index (χ4n) is 0.948. The van der Waals surface area contributed by atoms with Crippen LogP contribution >= 0.6 is 11.6 Å². The summed E-state index contributed by atoms with van der Waals surface area (Å²) < 4.78 is 40.9. The third-order valence-electron chi connectivity index (χ3n) is 1.57. The van der Waals surface area contributed by atoms with Crippen LogP contribution in [0.25, 0.3) is 0 Å². The van der Waals surface area contributed by atoms with Gasteiger partial charge in [-0.2, -0.15) is 13.2 Å². The number of Topliss-reactive ketones (excluding diaryl/α,β-unsaturated/α-hetero) is 1. The van der Waals surface area contributed by atoms with Gasteiger partial charge in [-0.1, -0.05) is 11.6 Å². The van der Waals surface area contributed by atoms with Crippen LogP contribution in [0.1, 0.15) is 10.4 Å². The molecule has 3 nitrogen and oxygen atoms in total. The molecule has 0 bridgehead atoms. The standard InChI is InChI=1S/C8H5ClF3NO2/c1-15-5-4(2-3-13-7(5)9)6(14)8(10,11)12/h2-3H,1H3. The second kappa shape index (κ2) is 4.06. The topological polar surface area (TPSA) is 39.2 Å². The van der Waals surface area contributed by atoms with Crippen LogP contribution in [-0.2, 0) is 0 Å². The first-order valence-corrected chi connectivity index (χ1v) is 4.05. The summed E-state index contributed by atoms with van der Waals surface area (Å²) in [5.41, 5.74) is -0.648. The Labute approximate surface area is 87.8 Å². The van der Waals surface area contributed by atoms with E-state index in [9.17, 15) is 18.0 Å². The predicted octanol–water partition coefficient (Wildman–Crippen LogP) is 2.49. The Morgan fingerprint density at radius 2 is 2.13 bits per heavy atom. The fourth-order valence-corrected chi connectivity index (χ4v) is 1.18. The summed E-state index contributed by atoms with van der Waals surface area (Å²) in [6.07, 6.45) is -3.96. The molecule has 1 rings (SSSR count). The van der Waals surface area contributed by atoms with Crippen molar-refractivity contribution in [3.8, 4) is 5.75 Å². The van der Waals surface area contributed by atoms with E-state index in [1.54, 1.807) is 0 Å². The lowest BCUT2D eigenvalue weighted by Crippen LogP contribution is -2.23. The van der Waals surface area contributed by atoms with E-state index < -0.39 is 17.5 Å². The van der Waals surface area contributed by atoms with E-state index >= 15 is 0 Å². The third-order valence-corrected chi connectivity index (χ3v) is 1.84. The number of ketones is 1. The van der Waals surface area contributed by atoms with Crippen molar-refractivity contribution < 1.29 is 22.7 Å². The van der Waals surface area contributed by atoms with Crippen molar-refractivity contribution in [3.63, 3.8) is 0 Å². The average Bonchev–Trinajstić information content (AvgIpc) is 2.14. The van der Waals surface area contributed by atoms with Crippen LogP contribution in [0.2, 0.25) is 5.15 Å². The summed E-state index contributed by atoms with van der Waals surface area (Å²) in [6, 6.07) is 0.903. The van der Waals surface area contributed by atoms with Crippen molar-refractivity contribution in [1.29, 1.82) is 0 Å². The summed E-state index contributed by atoms with van der Waals surface area (Å²) >= 11 is 5.47. The number of hydrogen-bond acceptors (Lipinski definition) is 3. The second-order valence-electron chi connectivity index (χ2n) is 2.51. The predicted molar refractivity (Wildman–Crippen MR) is 46.2 cm³/mol. The summed E-state index contributed by atoms with van der Waals surface area (Å²) in [6.45, 7) is 0. The zero-order chi connectivity index (χ0) is 11.6. The largest absolute Gasteiger partial charge is 0.493 e. The van der Waals surface area contributed by atoms with Gasteiger partial charge in [-0.15, -0.1) is 0 Å². The van der Waals surface area contributed by atoms with Crippen molar-refractivity contribution in [2.45, 2.75) is 6.18 Å². The Hall–Kier alpha value is -1.30. The van der Waals surface area contributed by atoms with E-state index in [2.05, 4.69) is 9.72 Å². The van der Waals surface area contributed by atoms with Crippen molar-refractivity contribution in [2.75, 3.05) is 7.11 Å². The van der Waals surface area contributed by atoms with Gasteiger partial charge in [0, 0.05) is 6.20 Å². The minimum Gasteiger partial charge on any atom is -0.493 e. The van der Waals surface area contributed by atoms with Crippen molar-refractivity contribution in [2.24, 2.45) is 0 Å². The zero-order valence-electron chi connectivity index (χ0n) is 7.43. The van der Waals surface area contributed by atoms with Gasteiger partial charge >= 0.3 is 6.18 Å². The fraction of sp³-hybridized carbons (Fsp3) is 0.250. The third kappa shape index (κ3) is 2.38. The number of rotatable bonds is 2. The Morgan fingerprint density at radius 3 is 2.60 bits per heavy atom. The summed E-state index contributed by atoms with van der Waals surface area (Å²) in [5.74, 6) is -2.38. The molecule has 0 atom stereocenters. The molecule has 0 saturated heterocycles. The number of aromatic nitrogens is 1. The van der Waals surface area contributed by atoms with E-state index in [4.69, 9.17) is 11.6 Å². The number of hydrogen-bond donors (Lipinski definition) is 0. The van der Waals surface area contributed by atoms with Gasteiger partial charge < -0.3 is 4.74 Å². The molecule has 0 N–H and O–H groups in total. The van der Waals surface area contributed by atoms with Crippen LogP contribution in [0.3, 0.4) is 0 Å². The maximum Gasteiger partial charge on any atom is 0.455 e. The summed E-state index contributed by atoms with van der Waals surface area (Å²) in [7, 11) is 1.11. The normalized spacial score (nSPS) is 11.3. The number of nitrogens with zero attached hydrogens (tertiary/aromatic N) is 1. The first kappa shape index (κ1) is 11.8. The molecule has 0 saturated carbocycles. The molecule has 82 valence electrons. The van der Waals surface area contributed by atoms with Gasteiger partial charge in [-0.3, -0.25) is 4.79 Å². The lowest BCUT2D eigenvalue weighted by Gasteiger charge is -2.09. The minimum atomic E-state index is -4.96. The molecular weight excluding hydrogens is 235 g/mol. The van der Waals surface area contributed by atoms with Crippen molar-refractivity contribution in [3.05, 3.63) is 23.0 Å². The number of alkyl halides is 3. The molecule has 0 aliphatic heterocycles. The molecule has 0 unspecified atom stereocenters. The number of pyridine rings is 1. The molecule has 0 aromatic carbocycles. The number of carbonyl (C=O) groups is 1. The first-order valence-electron chi connectivity index (χ1n) is 3.68. The van der Waals surface area contributed by atoms with Gasteiger partial charge in [0.2, 0.25) is 0 Å².